The molecule has 0 unspecified atom stereocenters. The number of carbonyl (C=O) groups excluding carboxylic acids is 1. The molecule has 0 N–H and O–H groups in total. The highest BCUT2D eigenvalue weighted by molar-refractivity contribution is 5.86. The largest absolute Gasteiger partial charge is 0.356 e. The van der Waals surface area contributed by atoms with Crippen molar-refractivity contribution in [2.45, 2.75) is 38.0 Å². The SMILES string of the molecule is Cn1ncc2c(N3CCC(CC(=O)N4CCC(F)(F)CC4)CC3)ncnc21. The minimum Gasteiger partial charge on any atom is -0.356 e. The third-order valence-corrected chi connectivity index (χ3v) is 5.73. The summed E-state index contributed by atoms with van der Waals surface area (Å²) in [7, 11) is 1.85. The molecule has 0 radical (unpaired) electrons. The van der Waals surface area contributed by atoms with E-state index in [-0.39, 0.29) is 31.8 Å². The van der Waals surface area contributed by atoms with Crippen LogP contribution in [0.25, 0.3) is 11.0 Å². The molecule has 2 fully saturated rings. The molecule has 2 aliphatic rings. The average Bonchev–Trinajstić information content (AvgIpc) is 3.04. The molecule has 7 nitrogen and oxygen atoms in total. The van der Waals surface area contributed by atoms with Crippen molar-refractivity contribution in [2.24, 2.45) is 13.0 Å². The van der Waals surface area contributed by atoms with Crippen LogP contribution in [-0.4, -0.2) is 62.7 Å². The fourth-order valence-corrected chi connectivity index (χ4v) is 4.01. The first-order valence-electron chi connectivity index (χ1n) is 9.46. The van der Waals surface area contributed by atoms with Gasteiger partial charge in [-0.2, -0.15) is 5.10 Å². The molecule has 0 spiro atoms. The molecule has 0 saturated carbocycles. The van der Waals surface area contributed by atoms with Crippen LogP contribution < -0.4 is 4.90 Å². The number of hydrogen-bond donors (Lipinski definition) is 0. The van der Waals surface area contributed by atoms with Crippen molar-refractivity contribution in [3.05, 3.63) is 12.5 Å². The number of likely N-dealkylation sites (tertiary alicyclic amines) is 1. The van der Waals surface area contributed by atoms with Gasteiger partial charge in [0.25, 0.3) is 5.92 Å². The summed E-state index contributed by atoms with van der Waals surface area (Å²) in [6.07, 6.45) is 5.14. The minimum absolute atomic E-state index is 0.0145. The number of anilines is 1. The van der Waals surface area contributed by atoms with Crippen molar-refractivity contribution < 1.29 is 13.6 Å². The Kier molecular flexibility index (Phi) is 4.69. The molecule has 2 aromatic heterocycles. The van der Waals surface area contributed by atoms with Gasteiger partial charge in [-0.1, -0.05) is 0 Å². The second-order valence-corrected chi connectivity index (χ2v) is 7.57. The van der Waals surface area contributed by atoms with Gasteiger partial charge in [-0.25, -0.2) is 18.7 Å². The number of halogens is 2. The van der Waals surface area contributed by atoms with Crippen molar-refractivity contribution in [1.82, 2.24) is 24.6 Å². The Labute approximate surface area is 156 Å². The zero-order valence-corrected chi connectivity index (χ0v) is 15.4. The monoisotopic (exact) mass is 378 g/mol. The van der Waals surface area contributed by atoms with Crippen LogP contribution in [0.3, 0.4) is 0 Å². The van der Waals surface area contributed by atoms with Crippen LogP contribution >= 0.6 is 0 Å². The summed E-state index contributed by atoms with van der Waals surface area (Å²) in [4.78, 5) is 25.0. The summed E-state index contributed by atoms with van der Waals surface area (Å²) < 4.78 is 28.2. The van der Waals surface area contributed by atoms with Crippen molar-refractivity contribution in [3.63, 3.8) is 0 Å². The van der Waals surface area contributed by atoms with E-state index in [0.717, 1.165) is 42.8 Å². The van der Waals surface area contributed by atoms with E-state index in [9.17, 15) is 13.6 Å². The second kappa shape index (κ2) is 7.01. The lowest BCUT2D eigenvalue weighted by Gasteiger charge is -2.35. The van der Waals surface area contributed by atoms with Crippen LogP contribution in [0.15, 0.2) is 12.5 Å². The molecule has 4 heterocycles. The Morgan fingerprint density at radius 3 is 2.59 bits per heavy atom. The van der Waals surface area contributed by atoms with Crippen LogP contribution in [0.4, 0.5) is 14.6 Å². The second-order valence-electron chi connectivity index (χ2n) is 7.57. The number of nitrogens with zero attached hydrogens (tertiary/aromatic N) is 6. The van der Waals surface area contributed by atoms with E-state index in [4.69, 9.17) is 0 Å². The molecule has 0 bridgehead atoms. The molecular formula is C18H24F2N6O. The summed E-state index contributed by atoms with van der Waals surface area (Å²) in [6.45, 7) is 1.98. The molecule has 0 aliphatic carbocycles. The van der Waals surface area contributed by atoms with Crippen LogP contribution in [0.1, 0.15) is 32.1 Å². The smallest absolute Gasteiger partial charge is 0.251 e. The molecule has 4 rings (SSSR count). The standard InChI is InChI=1S/C18H24F2N6O/c1-24-16-14(11-23-24)17(22-12-21-16)26-6-2-13(3-7-26)10-15(27)25-8-4-18(19,20)5-9-25/h11-13H,2-10H2,1H3. The first kappa shape index (κ1) is 18.1. The quantitative estimate of drug-likeness (QED) is 0.819. The molecule has 1 amide bonds. The summed E-state index contributed by atoms with van der Waals surface area (Å²) in [5.74, 6) is -1.42. The van der Waals surface area contributed by atoms with Crippen molar-refractivity contribution >= 4 is 22.8 Å². The van der Waals surface area contributed by atoms with Crippen molar-refractivity contribution in [2.75, 3.05) is 31.1 Å². The van der Waals surface area contributed by atoms with Crippen LogP contribution in [-0.2, 0) is 11.8 Å². The third kappa shape index (κ3) is 3.72. The van der Waals surface area contributed by atoms with Gasteiger partial charge in [0.15, 0.2) is 5.65 Å². The van der Waals surface area contributed by atoms with Crippen LogP contribution in [0.5, 0.6) is 0 Å². The molecular weight excluding hydrogens is 354 g/mol. The Morgan fingerprint density at radius 1 is 1.19 bits per heavy atom. The Balaban J connectivity index is 1.33. The molecule has 0 atom stereocenters. The van der Waals surface area contributed by atoms with Gasteiger partial charge in [0.2, 0.25) is 5.91 Å². The fourth-order valence-electron chi connectivity index (χ4n) is 4.01. The summed E-state index contributed by atoms with van der Waals surface area (Å²) in [5.41, 5.74) is 0.805. The van der Waals surface area contributed by atoms with Gasteiger partial charge in [-0.05, 0) is 18.8 Å². The van der Waals surface area contributed by atoms with Gasteiger partial charge in [-0.15, -0.1) is 0 Å². The average molecular weight is 378 g/mol. The summed E-state index contributed by atoms with van der Waals surface area (Å²) >= 11 is 0. The number of hydrogen-bond acceptors (Lipinski definition) is 5. The normalized spacial score (nSPS) is 21.0. The van der Waals surface area contributed by atoms with Crippen molar-refractivity contribution in [1.29, 1.82) is 0 Å². The van der Waals surface area contributed by atoms with Crippen molar-refractivity contribution in [3.8, 4) is 0 Å². The number of alkyl halides is 2. The summed E-state index contributed by atoms with van der Waals surface area (Å²) in [6, 6.07) is 0. The molecule has 9 heteroatoms. The molecule has 2 saturated heterocycles. The predicted molar refractivity (Wildman–Crippen MR) is 96.6 cm³/mol. The number of aromatic nitrogens is 4. The number of fused-ring (bicyclic) bond motifs is 1. The molecule has 2 aromatic rings. The Hall–Kier alpha value is -2.32. The maximum atomic E-state index is 13.3. The maximum absolute atomic E-state index is 13.3. The number of aryl methyl sites for hydroxylation is 1. The van der Waals surface area contributed by atoms with Crippen LogP contribution in [0.2, 0.25) is 0 Å². The fraction of sp³-hybridized carbons (Fsp3) is 0.667. The zero-order valence-electron chi connectivity index (χ0n) is 15.4. The topological polar surface area (TPSA) is 67.2 Å². The minimum atomic E-state index is -2.61. The highest BCUT2D eigenvalue weighted by Crippen LogP contribution is 2.31. The molecule has 2 aliphatic heterocycles. The first-order chi connectivity index (χ1) is 12.9. The van der Waals surface area contributed by atoms with Gasteiger partial charge in [0.05, 0.1) is 11.6 Å². The lowest BCUT2D eigenvalue weighted by molar-refractivity contribution is -0.138. The van der Waals surface area contributed by atoms with Gasteiger partial charge in [0.1, 0.15) is 12.1 Å². The zero-order chi connectivity index (χ0) is 19.0. The lowest BCUT2D eigenvalue weighted by Crippen LogP contribution is -2.44. The number of rotatable bonds is 3. The van der Waals surface area contributed by atoms with Gasteiger partial charge < -0.3 is 9.80 Å². The Morgan fingerprint density at radius 2 is 1.89 bits per heavy atom. The van der Waals surface area contributed by atoms with E-state index in [0.29, 0.717) is 12.3 Å². The van der Waals surface area contributed by atoms with Gasteiger partial charge in [-0.3, -0.25) is 9.48 Å². The molecule has 0 aromatic carbocycles. The molecule has 146 valence electrons. The highest BCUT2D eigenvalue weighted by atomic mass is 19.3. The van der Waals surface area contributed by atoms with Gasteiger partial charge in [0, 0.05) is 52.5 Å². The predicted octanol–water partition coefficient (Wildman–Crippen LogP) is 2.23. The van der Waals surface area contributed by atoms with E-state index >= 15 is 0 Å². The number of piperidine rings is 2. The van der Waals surface area contributed by atoms with E-state index < -0.39 is 5.92 Å². The number of carbonyl (C=O) groups is 1. The van der Waals surface area contributed by atoms with E-state index in [1.54, 1.807) is 22.1 Å². The Bertz CT molecular complexity index is 820. The summed E-state index contributed by atoms with van der Waals surface area (Å²) in [5, 5.41) is 5.19. The highest BCUT2D eigenvalue weighted by Gasteiger charge is 2.36. The molecule has 27 heavy (non-hydrogen) atoms. The van der Waals surface area contributed by atoms with Crippen LogP contribution in [0, 0.1) is 5.92 Å². The lowest BCUT2D eigenvalue weighted by atomic mass is 9.92. The number of amides is 1. The third-order valence-electron chi connectivity index (χ3n) is 5.73. The van der Waals surface area contributed by atoms with E-state index in [1.807, 2.05) is 7.05 Å². The van der Waals surface area contributed by atoms with Gasteiger partial charge >= 0.3 is 0 Å². The van der Waals surface area contributed by atoms with E-state index in [2.05, 4.69) is 20.0 Å². The first-order valence-corrected chi connectivity index (χ1v) is 9.46. The van der Waals surface area contributed by atoms with E-state index in [1.165, 1.54) is 0 Å². The maximum Gasteiger partial charge on any atom is 0.251 e.